The summed E-state index contributed by atoms with van der Waals surface area (Å²) in [6.07, 6.45) is 6.79. The second kappa shape index (κ2) is 8.06. The highest BCUT2D eigenvalue weighted by atomic mass is 16.3. The molecular weight excluding hydrogens is 366 g/mol. The summed E-state index contributed by atoms with van der Waals surface area (Å²) in [5.41, 5.74) is 4.43. The summed E-state index contributed by atoms with van der Waals surface area (Å²) in [5.74, 6) is 0.520. The van der Waals surface area contributed by atoms with E-state index >= 15 is 0 Å². The van der Waals surface area contributed by atoms with Crippen molar-refractivity contribution < 1.29 is 9.90 Å². The maximum Gasteiger partial charge on any atom is 0.272 e. The van der Waals surface area contributed by atoms with Crippen LogP contribution in [-0.2, 0) is 0 Å². The second-order valence-electron chi connectivity index (χ2n) is 9.08. The van der Waals surface area contributed by atoms with Gasteiger partial charge in [0.05, 0.1) is 24.5 Å². The number of rotatable bonds is 4. The topological polar surface area (TPSA) is 92.9 Å². The summed E-state index contributed by atoms with van der Waals surface area (Å²) in [4.78, 5) is 21.8. The van der Waals surface area contributed by atoms with Crippen molar-refractivity contribution in [1.82, 2.24) is 25.1 Å². The van der Waals surface area contributed by atoms with Crippen molar-refractivity contribution >= 4 is 11.5 Å². The first-order valence-corrected chi connectivity index (χ1v) is 10.1. The van der Waals surface area contributed by atoms with Gasteiger partial charge in [-0.3, -0.25) is 9.78 Å². The Hall–Kier alpha value is -2.54. The molecule has 29 heavy (non-hydrogen) atoms. The maximum atomic E-state index is 13.2. The number of hydrogen-bond donors (Lipinski definition) is 2. The first-order valence-electron chi connectivity index (χ1n) is 10.1. The smallest absolute Gasteiger partial charge is 0.272 e. The molecule has 2 aromatic rings. The molecule has 1 aliphatic rings. The van der Waals surface area contributed by atoms with Crippen LogP contribution in [0.2, 0.25) is 0 Å². The predicted molar refractivity (Wildman–Crippen MR) is 113 cm³/mol. The molecule has 2 N–H and O–H groups in total. The number of aromatic nitrogens is 4. The first-order chi connectivity index (χ1) is 13.6. The Balaban J connectivity index is 2.17. The van der Waals surface area contributed by atoms with Crippen molar-refractivity contribution in [2.24, 2.45) is 5.41 Å². The Kier molecular flexibility index (Phi) is 5.89. The molecule has 0 saturated carbocycles. The highest BCUT2D eigenvalue weighted by Gasteiger charge is 2.35. The van der Waals surface area contributed by atoms with Crippen molar-refractivity contribution in [3.63, 3.8) is 0 Å². The van der Waals surface area contributed by atoms with Crippen LogP contribution in [0.25, 0.3) is 11.4 Å². The van der Waals surface area contributed by atoms with Crippen molar-refractivity contribution in [1.29, 1.82) is 0 Å². The standard InChI is InChI=1S/C22H31N5O2/c1-13(2)15-8-7-14(3)18-19(21(29)25-16(12-28)22(4,5)6)26-27(20(15)18)17-11-23-9-10-24-17/h9-11,14,16,28H,7-8,12H2,1-6H3,(H,25,29)/t14-,16?/m1/s1. The number of aliphatic hydroxyl groups is 1. The van der Waals surface area contributed by atoms with Gasteiger partial charge in [0, 0.05) is 18.0 Å². The van der Waals surface area contributed by atoms with E-state index in [0.717, 1.165) is 24.1 Å². The van der Waals surface area contributed by atoms with Gasteiger partial charge < -0.3 is 10.4 Å². The van der Waals surface area contributed by atoms with Crippen LogP contribution in [0.4, 0.5) is 0 Å². The summed E-state index contributed by atoms with van der Waals surface area (Å²) in [5, 5.41) is 17.5. The van der Waals surface area contributed by atoms with E-state index in [9.17, 15) is 9.90 Å². The molecular formula is C22H31N5O2. The molecule has 156 valence electrons. The minimum absolute atomic E-state index is 0.128. The third-order valence-electron chi connectivity index (χ3n) is 5.65. The molecule has 1 unspecified atom stereocenters. The zero-order valence-corrected chi connectivity index (χ0v) is 18.2. The van der Waals surface area contributed by atoms with Gasteiger partial charge in [-0.15, -0.1) is 0 Å². The number of nitrogens with zero attached hydrogens (tertiary/aromatic N) is 4. The van der Waals surface area contributed by atoms with Gasteiger partial charge in [0.2, 0.25) is 0 Å². The number of nitrogens with one attached hydrogen (secondary N) is 1. The van der Waals surface area contributed by atoms with Gasteiger partial charge >= 0.3 is 0 Å². The van der Waals surface area contributed by atoms with Crippen LogP contribution >= 0.6 is 0 Å². The van der Waals surface area contributed by atoms with E-state index in [4.69, 9.17) is 5.10 Å². The Morgan fingerprint density at radius 2 is 2.07 bits per heavy atom. The Morgan fingerprint density at radius 3 is 2.62 bits per heavy atom. The lowest BCUT2D eigenvalue weighted by atomic mass is 9.81. The summed E-state index contributed by atoms with van der Waals surface area (Å²) >= 11 is 0. The van der Waals surface area contributed by atoms with Crippen molar-refractivity contribution in [2.75, 3.05) is 6.61 Å². The van der Waals surface area contributed by atoms with Crippen molar-refractivity contribution in [2.45, 2.75) is 66.3 Å². The molecule has 0 saturated heterocycles. The van der Waals surface area contributed by atoms with Crippen molar-refractivity contribution in [3.8, 4) is 5.82 Å². The number of amides is 1. The molecule has 7 heteroatoms. The molecule has 2 aromatic heterocycles. The monoisotopic (exact) mass is 397 g/mol. The maximum absolute atomic E-state index is 13.2. The number of fused-ring (bicyclic) bond motifs is 1. The lowest BCUT2D eigenvalue weighted by molar-refractivity contribution is 0.0841. The van der Waals surface area contributed by atoms with Gasteiger partial charge in [-0.25, -0.2) is 9.67 Å². The molecule has 0 aromatic carbocycles. The number of allylic oxidation sites excluding steroid dienone is 2. The minimum atomic E-state index is -0.367. The van der Waals surface area contributed by atoms with Gasteiger partial charge in [-0.2, -0.15) is 5.10 Å². The molecule has 1 amide bonds. The summed E-state index contributed by atoms with van der Waals surface area (Å²) in [6.45, 7) is 12.2. The molecule has 1 aliphatic carbocycles. The minimum Gasteiger partial charge on any atom is -0.394 e. The van der Waals surface area contributed by atoms with E-state index in [1.807, 2.05) is 20.8 Å². The fraction of sp³-hybridized carbons (Fsp3) is 0.545. The summed E-state index contributed by atoms with van der Waals surface area (Å²) in [7, 11) is 0. The molecule has 0 fully saturated rings. The first kappa shape index (κ1) is 21.2. The molecule has 0 bridgehead atoms. The van der Waals surface area contributed by atoms with E-state index < -0.39 is 0 Å². The van der Waals surface area contributed by atoms with E-state index in [1.165, 1.54) is 11.1 Å². The van der Waals surface area contributed by atoms with Gasteiger partial charge in [0.1, 0.15) is 0 Å². The third kappa shape index (κ3) is 4.10. The number of carbonyl (C=O) groups excluding carboxylic acids is 1. The summed E-state index contributed by atoms with van der Waals surface area (Å²) < 4.78 is 1.75. The van der Waals surface area contributed by atoms with Crippen LogP contribution in [0.3, 0.4) is 0 Å². The molecule has 3 rings (SSSR count). The Bertz CT molecular complexity index is 921. The van der Waals surface area contributed by atoms with Crippen LogP contribution in [-0.4, -0.2) is 43.4 Å². The molecule has 0 spiro atoms. The average molecular weight is 398 g/mol. The zero-order chi connectivity index (χ0) is 21.3. The van der Waals surface area contributed by atoms with Crippen LogP contribution in [0.1, 0.15) is 82.0 Å². The number of aliphatic hydroxyl groups excluding tert-OH is 1. The van der Waals surface area contributed by atoms with E-state index in [0.29, 0.717) is 11.5 Å². The van der Waals surface area contributed by atoms with Gasteiger partial charge in [-0.1, -0.05) is 33.3 Å². The molecule has 2 heterocycles. The fourth-order valence-corrected chi connectivity index (χ4v) is 3.79. The number of hydrogen-bond acceptors (Lipinski definition) is 5. The second-order valence-corrected chi connectivity index (χ2v) is 9.08. The average Bonchev–Trinajstić information content (AvgIpc) is 3.07. The largest absolute Gasteiger partial charge is 0.394 e. The molecule has 0 radical (unpaired) electrons. The summed E-state index contributed by atoms with van der Waals surface area (Å²) in [6, 6.07) is -0.367. The highest BCUT2D eigenvalue weighted by Crippen LogP contribution is 2.42. The van der Waals surface area contributed by atoms with Crippen LogP contribution in [0.15, 0.2) is 24.2 Å². The van der Waals surface area contributed by atoms with Crippen LogP contribution in [0.5, 0.6) is 0 Å². The zero-order valence-electron chi connectivity index (χ0n) is 18.2. The molecule has 2 atom stereocenters. The lowest BCUT2D eigenvalue weighted by Gasteiger charge is -2.30. The predicted octanol–water partition coefficient (Wildman–Crippen LogP) is 3.49. The quantitative estimate of drug-likeness (QED) is 0.824. The third-order valence-corrected chi connectivity index (χ3v) is 5.65. The number of carbonyl (C=O) groups is 1. The molecule has 7 nitrogen and oxygen atoms in total. The van der Waals surface area contributed by atoms with Crippen LogP contribution < -0.4 is 5.32 Å². The lowest BCUT2D eigenvalue weighted by Crippen LogP contribution is -2.46. The normalized spacial score (nSPS) is 17.6. The van der Waals surface area contributed by atoms with E-state index in [2.05, 4.69) is 36.1 Å². The SMILES string of the molecule is CC(C)=C1CC[C@@H](C)c2c(C(=O)NC(CO)C(C)(C)C)nn(-c3cnccn3)c21. The van der Waals surface area contributed by atoms with Gasteiger partial charge in [0.25, 0.3) is 5.91 Å². The van der Waals surface area contributed by atoms with E-state index in [1.54, 1.807) is 23.3 Å². The van der Waals surface area contributed by atoms with Gasteiger partial charge in [0.15, 0.2) is 11.5 Å². The van der Waals surface area contributed by atoms with Crippen molar-refractivity contribution in [3.05, 3.63) is 41.1 Å². The fourth-order valence-electron chi connectivity index (χ4n) is 3.79. The van der Waals surface area contributed by atoms with Crippen LogP contribution in [0, 0.1) is 5.41 Å². The Morgan fingerprint density at radius 1 is 1.34 bits per heavy atom. The highest BCUT2D eigenvalue weighted by molar-refractivity contribution is 5.96. The molecule has 0 aliphatic heterocycles. The van der Waals surface area contributed by atoms with Gasteiger partial charge in [-0.05, 0) is 43.6 Å². The Labute approximate surface area is 172 Å². The van der Waals surface area contributed by atoms with E-state index in [-0.39, 0.29) is 29.9 Å².